The number of likely N-dealkylation sites (tertiary alicyclic amines) is 1. The van der Waals surface area contributed by atoms with E-state index < -0.39 is 0 Å². The van der Waals surface area contributed by atoms with Gasteiger partial charge in [-0.2, -0.15) is 5.10 Å². The SMILES string of the molecule is CCNC(=O)Cn1ccc(NC(=O)N2C[C@H]3[C@H](C2)C3(C)C)n1. The monoisotopic (exact) mass is 305 g/mol. The number of piperidine rings is 1. The minimum atomic E-state index is -0.105. The first kappa shape index (κ1) is 14.9. The molecule has 0 spiro atoms. The Balaban J connectivity index is 1.51. The number of aromatic nitrogens is 2. The zero-order valence-corrected chi connectivity index (χ0v) is 13.3. The first-order valence-corrected chi connectivity index (χ1v) is 7.78. The molecule has 3 rings (SSSR count). The number of nitrogens with zero attached hydrogens (tertiary/aromatic N) is 3. The van der Waals surface area contributed by atoms with Crippen LogP contribution in [0.25, 0.3) is 0 Å². The summed E-state index contributed by atoms with van der Waals surface area (Å²) >= 11 is 0. The van der Waals surface area contributed by atoms with Crippen LogP contribution in [0.3, 0.4) is 0 Å². The van der Waals surface area contributed by atoms with Gasteiger partial charge in [-0.1, -0.05) is 13.8 Å². The number of nitrogens with one attached hydrogen (secondary N) is 2. The molecular weight excluding hydrogens is 282 g/mol. The Morgan fingerprint density at radius 2 is 2.05 bits per heavy atom. The number of hydrogen-bond acceptors (Lipinski definition) is 3. The number of hydrogen-bond donors (Lipinski definition) is 2. The first-order chi connectivity index (χ1) is 10.4. The lowest BCUT2D eigenvalue weighted by Gasteiger charge is -2.21. The maximum absolute atomic E-state index is 12.2. The molecule has 0 aromatic carbocycles. The number of carbonyl (C=O) groups excluding carboxylic acids is 2. The second-order valence-corrected chi connectivity index (χ2v) is 6.72. The summed E-state index contributed by atoms with van der Waals surface area (Å²) in [6.07, 6.45) is 1.69. The summed E-state index contributed by atoms with van der Waals surface area (Å²) in [5, 5.41) is 9.71. The second kappa shape index (κ2) is 5.30. The van der Waals surface area contributed by atoms with E-state index in [0.717, 1.165) is 13.1 Å². The van der Waals surface area contributed by atoms with Gasteiger partial charge in [0.1, 0.15) is 6.54 Å². The van der Waals surface area contributed by atoms with Crippen molar-refractivity contribution in [3.63, 3.8) is 0 Å². The third-order valence-corrected chi connectivity index (χ3v) is 4.96. The minimum Gasteiger partial charge on any atom is -0.355 e. The standard InChI is InChI=1S/C15H23N5O2/c1-4-16-13(21)9-20-6-5-12(18-20)17-14(22)19-7-10-11(8-19)15(10,2)3/h5-6,10-11H,4,7-9H2,1-3H3,(H,16,21)(H,17,18,22)/t10-,11-/m0/s1. The Morgan fingerprint density at radius 1 is 1.36 bits per heavy atom. The van der Waals surface area contributed by atoms with Gasteiger partial charge in [0, 0.05) is 31.9 Å². The van der Waals surface area contributed by atoms with Crippen molar-refractivity contribution in [1.29, 1.82) is 0 Å². The van der Waals surface area contributed by atoms with Crippen molar-refractivity contribution in [3.8, 4) is 0 Å². The summed E-state index contributed by atoms with van der Waals surface area (Å²) in [6.45, 7) is 8.80. The predicted octanol–water partition coefficient (Wildman–Crippen LogP) is 1.14. The number of anilines is 1. The predicted molar refractivity (Wildman–Crippen MR) is 82.3 cm³/mol. The highest BCUT2D eigenvalue weighted by Crippen LogP contribution is 2.61. The topological polar surface area (TPSA) is 79.3 Å². The van der Waals surface area contributed by atoms with Crippen LogP contribution in [0.15, 0.2) is 12.3 Å². The van der Waals surface area contributed by atoms with E-state index in [9.17, 15) is 9.59 Å². The molecule has 2 N–H and O–H groups in total. The number of fused-ring (bicyclic) bond motifs is 1. The van der Waals surface area contributed by atoms with Gasteiger partial charge in [0.25, 0.3) is 0 Å². The van der Waals surface area contributed by atoms with Crippen molar-refractivity contribution in [2.75, 3.05) is 25.0 Å². The van der Waals surface area contributed by atoms with Gasteiger partial charge in [0.15, 0.2) is 5.82 Å². The highest BCUT2D eigenvalue weighted by Gasteiger charge is 2.62. The van der Waals surface area contributed by atoms with Crippen LogP contribution in [-0.2, 0) is 11.3 Å². The molecule has 0 bridgehead atoms. The van der Waals surface area contributed by atoms with Gasteiger partial charge in [-0.15, -0.1) is 0 Å². The molecular formula is C15H23N5O2. The minimum absolute atomic E-state index is 0.0923. The summed E-state index contributed by atoms with van der Waals surface area (Å²) < 4.78 is 1.52. The molecule has 120 valence electrons. The smallest absolute Gasteiger partial charge is 0.323 e. The zero-order valence-electron chi connectivity index (χ0n) is 13.3. The normalized spacial score (nSPS) is 24.8. The van der Waals surface area contributed by atoms with Gasteiger partial charge in [0.2, 0.25) is 5.91 Å². The molecule has 1 saturated carbocycles. The Morgan fingerprint density at radius 3 is 2.68 bits per heavy atom. The Bertz CT molecular complexity index is 581. The largest absolute Gasteiger partial charge is 0.355 e. The fourth-order valence-electron chi connectivity index (χ4n) is 3.40. The molecule has 2 fully saturated rings. The van der Waals surface area contributed by atoms with Crippen molar-refractivity contribution in [2.24, 2.45) is 17.3 Å². The molecule has 2 atom stereocenters. The van der Waals surface area contributed by atoms with Gasteiger partial charge in [-0.25, -0.2) is 4.79 Å². The fraction of sp³-hybridized carbons (Fsp3) is 0.667. The van der Waals surface area contributed by atoms with Gasteiger partial charge >= 0.3 is 6.03 Å². The molecule has 1 aromatic heterocycles. The Labute approximate surface area is 130 Å². The average Bonchev–Trinajstić information content (AvgIpc) is 2.87. The lowest BCUT2D eigenvalue weighted by atomic mass is 10.1. The van der Waals surface area contributed by atoms with Crippen LogP contribution < -0.4 is 10.6 Å². The van der Waals surface area contributed by atoms with Crippen LogP contribution in [0, 0.1) is 17.3 Å². The summed E-state index contributed by atoms with van der Waals surface area (Å²) in [5.74, 6) is 1.65. The number of rotatable bonds is 4. The Kier molecular flexibility index (Phi) is 3.58. The van der Waals surface area contributed by atoms with Gasteiger partial charge in [-0.3, -0.25) is 14.8 Å². The third-order valence-electron chi connectivity index (χ3n) is 4.96. The molecule has 0 radical (unpaired) electrons. The highest BCUT2D eigenvalue weighted by molar-refractivity contribution is 5.88. The summed E-state index contributed by atoms with van der Waals surface area (Å²) in [5.41, 5.74) is 0.394. The third kappa shape index (κ3) is 2.67. The zero-order chi connectivity index (χ0) is 15.9. The molecule has 3 amide bonds. The molecule has 2 aliphatic rings. The van der Waals surface area contributed by atoms with E-state index >= 15 is 0 Å². The number of carbonyl (C=O) groups is 2. The van der Waals surface area contributed by atoms with Crippen LogP contribution in [0.4, 0.5) is 10.6 Å². The molecule has 7 nitrogen and oxygen atoms in total. The van der Waals surface area contributed by atoms with E-state index in [2.05, 4.69) is 29.6 Å². The van der Waals surface area contributed by atoms with E-state index in [1.807, 2.05) is 11.8 Å². The molecule has 22 heavy (non-hydrogen) atoms. The van der Waals surface area contributed by atoms with Gasteiger partial charge < -0.3 is 10.2 Å². The van der Waals surface area contributed by atoms with Crippen LogP contribution in [-0.4, -0.2) is 46.3 Å². The van der Waals surface area contributed by atoms with Crippen molar-refractivity contribution in [2.45, 2.75) is 27.3 Å². The number of urea groups is 1. The van der Waals surface area contributed by atoms with Gasteiger partial charge in [0.05, 0.1) is 0 Å². The van der Waals surface area contributed by atoms with E-state index in [4.69, 9.17) is 0 Å². The van der Waals surface area contributed by atoms with Crippen molar-refractivity contribution in [3.05, 3.63) is 12.3 Å². The summed E-state index contributed by atoms with van der Waals surface area (Å²) in [4.78, 5) is 25.6. The molecule has 2 heterocycles. The second-order valence-electron chi connectivity index (χ2n) is 6.72. The molecule has 0 unspecified atom stereocenters. The highest BCUT2D eigenvalue weighted by atomic mass is 16.2. The number of amides is 3. The maximum atomic E-state index is 12.2. The molecule has 1 aliphatic heterocycles. The maximum Gasteiger partial charge on any atom is 0.323 e. The molecule has 1 saturated heterocycles. The number of likely N-dealkylation sites (N-methyl/N-ethyl adjacent to an activating group) is 1. The van der Waals surface area contributed by atoms with Gasteiger partial charge in [-0.05, 0) is 24.2 Å². The van der Waals surface area contributed by atoms with E-state index in [1.165, 1.54) is 4.68 Å². The molecule has 1 aliphatic carbocycles. The molecule has 1 aromatic rings. The van der Waals surface area contributed by atoms with Crippen molar-refractivity contribution < 1.29 is 9.59 Å². The quantitative estimate of drug-likeness (QED) is 0.875. The lowest BCUT2D eigenvalue weighted by molar-refractivity contribution is -0.121. The summed E-state index contributed by atoms with van der Waals surface area (Å²) in [6, 6.07) is 1.60. The molecule has 7 heteroatoms. The van der Waals surface area contributed by atoms with Crippen LogP contribution >= 0.6 is 0 Å². The van der Waals surface area contributed by atoms with Crippen LogP contribution in [0.5, 0.6) is 0 Å². The average molecular weight is 305 g/mol. The van der Waals surface area contributed by atoms with Crippen LogP contribution in [0.1, 0.15) is 20.8 Å². The van der Waals surface area contributed by atoms with E-state index in [-0.39, 0.29) is 18.5 Å². The van der Waals surface area contributed by atoms with Crippen LogP contribution in [0.2, 0.25) is 0 Å². The van der Waals surface area contributed by atoms with E-state index in [1.54, 1.807) is 12.3 Å². The van der Waals surface area contributed by atoms with Crippen molar-refractivity contribution >= 4 is 17.8 Å². The fourth-order valence-corrected chi connectivity index (χ4v) is 3.40. The summed E-state index contributed by atoms with van der Waals surface area (Å²) in [7, 11) is 0. The van der Waals surface area contributed by atoms with E-state index in [0.29, 0.717) is 29.6 Å². The first-order valence-electron chi connectivity index (χ1n) is 7.78. The lowest BCUT2D eigenvalue weighted by Crippen LogP contribution is -2.36. The Hall–Kier alpha value is -2.05. The van der Waals surface area contributed by atoms with Crippen molar-refractivity contribution in [1.82, 2.24) is 20.0 Å².